The van der Waals surface area contributed by atoms with Gasteiger partial charge in [-0.1, -0.05) is 53.2 Å². The lowest BCUT2D eigenvalue weighted by atomic mass is 9.33. The third-order valence-corrected chi connectivity index (χ3v) is 26.0. The zero-order valence-corrected chi connectivity index (χ0v) is 58.2. The molecule has 19 N–H and O–H groups in total. The quantitative estimate of drug-likeness (QED) is 0.0248. The molecule has 0 radical (unpaired) electrons. The summed E-state index contributed by atoms with van der Waals surface area (Å²) in [5, 5.41) is 197. The van der Waals surface area contributed by atoms with Gasteiger partial charge in [0.1, 0.15) is 134 Å². The predicted molar refractivity (Wildman–Crippen MR) is 332 cm³/mol. The van der Waals surface area contributed by atoms with E-state index in [9.17, 15) is 105 Å². The van der Waals surface area contributed by atoms with Gasteiger partial charge in [-0.3, -0.25) is 9.35 Å². The molecule has 6 saturated heterocycles. The molecule has 0 amide bonds. The van der Waals surface area contributed by atoms with E-state index in [0.29, 0.717) is 64.2 Å². The van der Waals surface area contributed by atoms with Gasteiger partial charge in [0.15, 0.2) is 31.5 Å². The molecule has 0 aromatic rings. The molecule has 0 aromatic carbocycles. The van der Waals surface area contributed by atoms with Crippen LogP contribution in [-0.4, -0.2) is 335 Å². The second-order valence-electron chi connectivity index (χ2n) is 31.8. The predicted octanol–water partition coefficient (Wildman–Crippen LogP) is -5.92. The number of carbonyl (C=O) groups is 1. The van der Waals surface area contributed by atoms with Crippen LogP contribution in [0.25, 0.3) is 0 Å². The monoisotopic (exact) mass is 1480 g/mol. The van der Waals surface area contributed by atoms with E-state index in [2.05, 4.69) is 44.9 Å². The molecule has 5 aliphatic carbocycles. The van der Waals surface area contributed by atoms with Crippen molar-refractivity contribution < 1.29 is 171 Å². The molecule has 36 heteroatoms. The van der Waals surface area contributed by atoms with Crippen LogP contribution in [0.5, 0.6) is 0 Å². The Bertz CT molecular complexity index is 2990. The SMILES string of the molecule is C[C@H]1OC(O[C@H]2C(O[C@H]3CC[C@@]4(C)C(CC[C@]5(C)C4CC=C4C6CC(C)(C)CC[C@]6(C(=O)OC6O[C@H](COC7O[C@H](CO)[C@@H](OS(=O)(=O)O)[C@H](O)[C@H]7O)[C@@H](O)[C@H](O)[C@H]6O)CC[C@]45C)[C@@]3(C)CO)OC[C@H](O)[C@@H]2O)[C@@H](O)[C@@H](OC2O[C@H](CO)C(OC3O[C@H](CO)[C@@H](O)[C@H](O)[C@H]3O)[C@H](O)[C@H]2O)[C@@H]1O. The van der Waals surface area contributed by atoms with Crippen LogP contribution in [0, 0.1) is 50.2 Å². The van der Waals surface area contributed by atoms with Gasteiger partial charge in [0.25, 0.3) is 0 Å². The van der Waals surface area contributed by atoms with Crippen molar-refractivity contribution in [2.75, 3.05) is 39.6 Å². The molecule has 10 fully saturated rings. The lowest BCUT2D eigenvalue weighted by Gasteiger charge is -2.71. The van der Waals surface area contributed by atoms with Gasteiger partial charge in [-0.15, -0.1) is 0 Å². The van der Waals surface area contributed by atoms with E-state index in [1.165, 1.54) is 6.92 Å². The van der Waals surface area contributed by atoms with E-state index in [0.717, 1.165) is 5.57 Å². The Morgan fingerprint density at radius 2 is 1.07 bits per heavy atom. The van der Waals surface area contributed by atoms with E-state index in [1.54, 1.807) is 0 Å². The molecular weight excluding hydrogens is 1370 g/mol. The normalized spacial score (nSPS) is 53.2. The Hall–Kier alpha value is -2.08. The molecule has 0 bridgehead atoms. The van der Waals surface area contributed by atoms with Crippen LogP contribution in [0.3, 0.4) is 0 Å². The van der Waals surface area contributed by atoms with Crippen LogP contribution in [-0.2, 0) is 76.2 Å². The van der Waals surface area contributed by atoms with E-state index in [4.69, 9.17) is 56.8 Å². The zero-order chi connectivity index (χ0) is 73.9. The first-order valence-electron chi connectivity index (χ1n) is 34.9. The summed E-state index contributed by atoms with van der Waals surface area (Å²) in [6.07, 6.45) is -44.8. The number of hydrogen-bond donors (Lipinski definition) is 19. The molecule has 0 spiro atoms. The van der Waals surface area contributed by atoms with Crippen LogP contribution < -0.4 is 0 Å². The van der Waals surface area contributed by atoms with Crippen LogP contribution in [0.15, 0.2) is 11.6 Å². The molecule has 0 aromatic heterocycles. The summed E-state index contributed by atoms with van der Waals surface area (Å²) in [7, 11) is -5.20. The van der Waals surface area contributed by atoms with Crippen molar-refractivity contribution >= 4 is 16.4 Å². The highest BCUT2D eigenvalue weighted by Crippen LogP contribution is 2.76. The topological polar surface area (TPSA) is 556 Å². The molecule has 11 aliphatic rings. The van der Waals surface area contributed by atoms with Crippen molar-refractivity contribution in [2.45, 2.75) is 297 Å². The second kappa shape index (κ2) is 30.1. The lowest BCUT2D eigenvalue weighted by molar-refractivity contribution is -0.390. The molecule has 6 aliphatic heterocycles. The maximum absolute atomic E-state index is 15.3. The summed E-state index contributed by atoms with van der Waals surface area (Å²) < 4.78 is 108. The average Bonchev–Trinajstić information content (AvgIpc) is 0.674. The summed E-state index contributed by atoms with van der Waals surface area (Å²) in [5.74, 6) is -1.21. The van der Waals surface area contributed by atoms with Crippen LogP contribution in [0.2, 0.25) is 0 Å². The van der Waals surface area contributed by atoms with Gasteiger partial charge >= 0.3 is 16.4 Å². The molecule has 6 heterocycles. The number of allylic oxidation sites excluding steroid dienone is 2. The van der Waals surface area contributed by atoms with Gasteiger partial charge < -0.3 is 149 Å². The standard InChI is InChI=1S/C65H106O35S/c1-25-36(71)51(97-55-47(82)42(77)49(30(20-67)93-55)96-54-44(79)40(75)38(73)29(19-66)91-54)48(83)57(90-25)98-52-37(72)28(70)22-88-58(52)95-35-11-12-61(4)33(62(35,5)24-69)10-13-64(7)34(61)9-8-26-27-18-60(2,3)14-16-65(27,17-15-63(26,64)6)59(84)99-56-45(80)41(76)39(74)32(94-56)23-89-53-46(81)43(78)50(31(21-68)92-53)100-101(85,86)87/h8,25,27-58,66-83H,9-24H2,1-7H3,(H,85,86,87)/t25-,27?,28+,29-,30-,31-,32-,33?,34?,35+,36-,37+,38-,39-,40+,41+,42-,43-,44-,45-,46-,47-,48+,49?,50-,51+,52-,53?,54?,55?,56?,57?,58?,61+,62-,63-,64-,65+/m1/s1. The van der Waals surface area contributed by atoms with Gasteiger partial charge in [0, 0.05) is 5.41 Å². The Labute approximate surface area is 583 Å². The average molecular weight is 1480 g/mol. The van der Waals surface area contributed by atoms with Crippen molar-refractivity contribution in [3.05, 3.63) is 11.6 Å². The molecule has 4 saturated carbocycles. The maximum atomic E-state index is 15.3. The highest BCUT2D eigenvalue weighted by atomic mass is 32.3. The van der Waals surface area contributed by atoms with Gasteiger partial charge in [-0.25, -0.2) is 4.18 Å². The summed E-state index contributed by atoms with van der Waals surface area (Å²) in [6, 6.07) is 0. The number of ether oxygens (including phenoxy) is 12. The van der Waals surface area contributed by atoms with Gasteiger partial charge in [0.05, 0.1) is 57.3 Å². The minimum Gasteiger partial charge on any atom is -0.432 e. The Kier molecular flexibility index (Phi) is 23.8. The van der Waals surface area contributed by atoms with E-state index in [1.807, 2.05) is 6.92 Å². The number of aliphatic hydroxyl groups is 18. The number of fused-ring (bicyclic) bond motifs is 7. The first-order chi connectivity index (χ1) is 47.3. The largest absolute Gasteiger partial charge is 0.432 e. The van der Waals surface area contributed by atoms with Crippen LogP contribution >= 0.6 is 0 Å². The fourth-order valence-corrected chi connectivity index (χ4v) is 19.8. The van der Waals surface area contributed by atoms with Gasteiger partial charge in [-0.2, -0.15) is 8.42 Å². The highest BCUT2D eigenvalue weighted by molar-refractivity contribution is 7.80. The second-order valence-corrected chi connectivity index (χ2v) is 32.9. The fraction of sp³-hybridized carbons (Fsp3) is 0.954. The Morgan fingerprint density at radius 3 is 1.71 bits per heavy atom. The smallest absolute Gasteiger partial charge is 0.397 e. The minimum absolute atomic E-state index is 0.0215. The lowest BCUT2D eigenvalue weighted by Crippen LogP contribution is -2.67. The van der Waals surface area contributed by atoms with Crippen molar-refractivity contribution in [1.29, 1.82) is 0 Å². The Balaban J connectivity index is 0.767. The summed E-state index contributed by atoms with van der Waals surface area (Å²) in [5.41, 5.74) is -2.56. The maximum Gasteiger partial charge on any atom is 0.397 e. The van der Waals surface area contributed by atoms with Gasteiger partial charge in [-0.05, 0) is 111 Å². The van der Waals surface area contributed by atoms with Crippen molar-refractivity contribution in [2.24, 2.45) is 50.2 Å². The molecule has 582 valence electrons. The third kappa shape index (κ3) is 14.3. The van der Waals surface area contributed by atoms with E-state index >= 15 is 4.79 Å². The fourth-order valence-electron chi connectivity index (χ4n) is 19.3. The van der Waals surface area contributed by atoms with Crippen molar-refractivity contribution in [3.63, 3.8) is 0 Å². The molecule has 35 nitrogen and oxygen atoms in total. The first-order valence-corrected chi connectivity index (χ1v) is 36.3. The summed E-state index contributed by atoms with van der Waals surface area (Å²) in [6.45, 7) is 10.3. The third-order valence-electron chi connectivity index (χ3n) is 25.6. The van der Waals surface area contributed by atoms with Crippen molar-refractivity contribution in [3.8, 4) is 0 Å². The molecule has 11 rings (SSSR count). The Morgan fingerprint density at radius 1 is 0.525 bits per heavy atom. The number of carbonyl (C=O) groups excluding carboxylic acids is 1. The number of rotatable bonds is 19. The van der Waals surface area contributed by atoms with Crippen LogP contribution in [0.4, 0.5) is 0 Å². The summed E-state index contributed by atoms with van der Waals surface area (Å²) >= 11 is 0. The van der Waals surface area contributed by atoms with Crippen molar-refractivity contribution in [1.82, 2.24) is 0 Å². The molecule has 10 unspecified atom stereocenters. The number of aliphatic hydroxyl groups excluding tert-OH is 18. The van der Waals surface area contributed by atoms with E-state index < -0.39 is 255 Å². The van der Waals surface area contributed by atoms with Gasteiger partial charge in [0.2, 0.25) is 6.29 Å². The molecule has 101 heavy (non-hydrogen) atoms. The number of esters is 1. The number of hydrogen-bond acceptors (Lipinski definition) is 34. The van der Waals surface area contributed by atoms with Crippen LogP contribution in [0.1, 0.15) is 113 Å². The molecule has 38 atom stereocenters. The first kappa shape index (κ1) is 79.9. The molecular formula is C65H106O35S. The highest BCUT2D eigenvalue weighted by Gasteiger charge is 2.71. The minimum atomic E-state index is -5.20. The van der Waals surface area contributed by atoms with E-state index in [-0.39, 0.29) is 35.2 Å². The zero-order valence-electron chi connectivity index (χ0n) is 57.4. The summed E-state index contributed by atoms with van der Waals surface area (Å²) in [4.78, 5) is 15.3.